The van der Waals surface area contributed by atoms with Crippen LogP contribution >= 0.6 is 0 Å². The third-order valence-electron chi connectivity index (χ3n) is 3.90. The van der Waals surface area contributed by atoms with Gasteiger partial charge in [0, 0.05) is 19.6 Å². The second-order valence-corrected chi connectivity index (χ2v) is 5.76. The fraction of sp³-hybridized carbons (Fsp3) is 0.933. The molecule has 5 nitrogen and oxygen atoms in total. The maximum atomic E-state index is 10.5. The number of carbonyl (C=O) groups is 1. The topological polar surface area (TPSA) is 70.0 Å². The van der Waals surface area contributed by atoms with Gasteiger partial charge in [0.05, 0.1) is 12.7 Å². The van der Waals surface area contributed by atoms with Crippen LogP contribution in [-0.2, 0) is 9.53 Å². The SMILES string of the molecule is CCCCOCC(O)CN1CCC(CCC(=O)O)CC1. The van der Waals surface area contributed by atoms with Crippen molar-refractivity contribution in [2.75, 3.05) is 32.8 Å². The van der Waals surface area contributed by atoms with Gasteiger partial charge in [-0.1, -0.05) is 13.3 Å². The van der Waals surface area contributed by atoms with E-state index in [1.54, 1.807) is 0 Å². The van der Waals surface area contributed by atoms with Gasteiger partial charge in [-0.15, -0.1) is 0 Å². The minimum Gasteiger partial charge on any atom is -0.481 e. The summed E-state index contributed by atoms with van der Waals surface area (Å²) in [6, 6.07) is 0. The Hall–Kier alpha value is -0.650. The van der Waals surface area contributed by atoms with Gasteiger partial charge in [0.1, 0.15) is 0 Å². The molecular formula is C15H29NO4. The number of rotatable bonds is 10. The molecule has 1 unspecified atom stereocenters. The van der Waals surface area contributed by atoms with E-state index in [0.29, 0.717) is 19.1 Å². The van der Waals surface area contributed by atoms with E-state index >= 15 is 0 Å². The molecule has 0 amide bonds. The lowest BCUT2D eigenvalue weighted by atomic mass is 9.92. The number of aliphatic hydroxyl groups excluding tert-OH is 1. The molecule has 5 heteroatoms. The van der Waals surface area contributed by atoms with Gasteiger partial charge in [-0.05, 0) is 44.7 Å². The quantitative estimate of drug-likeness (QED) is 0.599. The van der Waals surface area contributed by atoms with E-state index in [4.69, 9.17) is 9.84 Å². The zero-order valence-corrected chi connectivity index (χ0v) is 12.6. The van der Waals surface area contributed by atoms with Crippen LogP contribution in [0.2, 0.25) is 0 Å². The number of unbranched alkanes of at least 4 members (excludes halogenated alkanes) is 1. The normalized spacial score (nSPS) is 19.1. The van der Waals surface area contributed by atoms with E-state index in [-0.39, 0.29) is 6.42 Å². The van der Waals surface area contributed by atoms with Crippen molar-refractivity contribution >= 4 is 5.97 Å². The van der Waals surface area contributed by atoms with Crippen LogP contribution in [0.15, 0.2) is 0 Å². The molecule has 0 spiro atoms. The summed E-state index contributed by atoms with van der Waals surface area (Å²) < 4.78 is 5.42. The van der Waals surface area contributed by atoms with E-state index in [1.807, 2.05) is 0 Å². The molecule has 0 aromatic heterocycles. The van der Waals surface area contributed by atoms with Gasteiger partial charge in [0.2, 0.25) is 0 Å². The fourth-order valence-corrected chi connectivity index (χ4v) is 2.60. The summed E-state index contributed by atoms with van der Waals surface area (Å²) in [5, 5.41) is 18.6. The molecule has 1 atom stereocenters. The maximum Gasteiger partial charge on any atom is 0.303 e. The molecule has 2 N–H and O–H groups in total. The van der Waals surface area contributed by atoms with Crippen molar-refractivity contribution in [1.29, 1.82) is 0 Å². The summed E-state index contributed by atoms with van der Waals surface area (Å²) in [5.74, 6) is -0.174. The second-order valence-electron chi connectivity index (χ2n) is 5.76. The van der Waals surface area contributed by atoms with Crippen molar-refractivity contribution < 1.29 is 19.7 Å². The fourth-order valence-electron chi connectivity index (χ4n) is 2.60. The monoisotopic (exact) mass is 287 g/mol. The average molecular weight is 287 g/mol. The van der Waals surface area contributed by atoms with Crippen LogP contribution in [0.1, 0.15) is 45.4 Å². The zero-order chi connectivity index (χ0) is 14.8. The van der Waals surface area contributed by atoms with E-state index in [2.05, 4.69) is 11.8 Å². The highest BCUT2D eigenvalue weighted by Gasteiger charge is 2.21. The standard InChI is InChI=1S/C15H29NO4/c1-2-3-10-20-12-14(17)11-16-8-6-13(7-9-16)4-5-15(18)19/h13-14,17H,2-12H2,1H3,(H,18,19). The number of aliphatic hydroxyl groups is 1. The number of hydrogen-bond acceptors (Lipinski definition) is 4. The van der Waals surface area contributed by atoms with Crippen molar-refractivity contribution in [2.45, 2.75) is 51.6 Å². The molecule has 0 aromatic rings. The third kappa shape index (κ3) is 7.82. The van der Waals surface area contributed by atoms with Gasteiger partial charge in [-0.3, -0.25) is 4.79 Å². The van der Waals surface area contributed by atoms with Crippen LogP contribution in [0.5, 0.6) is 0 Å². The van der Waals surface area contributed by atoms with Gasteiger partial charge < -0.3 is 19.8 Å². The largest absolute Gasteiger partial charge is 0.481 e. The molecule has 0 aliphatic carbocycles. The first kappa shape index (κ1) is 17.4. The Labute approximate surface area is 121 Å². The lowest BCUT2D eigenvalue weighted by molar-refractivity contribution is -0.137. The number of hydrogen-bond donors (Lipinski definition) is 2. The molecule has 1 fully saturated rings. The molecule has 1 saturated heterocycles. The number of likely N-dealkylation sites (tertiary alicyclic amines) is 1. The zero-order valence-electron chi connectivity index (χ0n) is 12.6. The molecule has 1 aliphatic heterocycles. The van der Waals surface area contributed by atoms with E-state index < -0.39 is 12.1 Å². The Morgan fingerprint density at radius 1 is 1.40 bits per heavy atom. The van der Waals surface area contributed by atoms with Crippen LogP contribution in [-0.4, -0.2) is 60.0 Å². The van der Waals surface area contributed by atoms with Gasteiger partial charge in [-0.2, -0.15) is 0 Å². The van der Waals surface area contributed by atoms with E-state index in [9.17, 15) is 9.90 Å². The van der Waals surface area contributed by atoms with Gasteiger partial charge >= 0.3 is 5.97 Å². The summed E-state index contributed by atoms with van der Waals surface area (Å²) in [7, 11) is 0. The first-order valence-electron chi connectivity index (χ1n) is 7.81. The predicted octanol–water partition coefficient (Wildman–Crippen LogP) is 1.74. The highest BCUT2D eigenvalue weighted by Crippen LogP contribution is 2.21. The average Bonchev–Trinajstić information content (AvgIpc) is 2.43. The van der Waals surface area contributed by atoms with Crippen molar-refractivity contribution in [3.05, 3.63) is 0 Å². The Balaban J connectivity index is 2.07. The molecule has 1 rings (SSSR count). The molecule has 20 heavy (non-hydrogen) atoms. The minimum atomic E-state index is -0.702. The van der Waals surface area contributed by atoms with E-state index in [0.717, 1.165) is 51.8 Å². The van der Waals surface area contributed by atoms with Crippen molar-refractivity contribution in [3.63, 3.8) is 0 Å². The van der Waals surface area contributed by atoms with Gasteiger partial charge in [-0.25, -0.2) is 0 Å². The molecule has 1 aliphatic rings. The van der Waals surface area contributed by atoms with E-state index in [1.165, 1.54) is 0 Å². The molecule has 0 bridgehead atoms. The third-order valence-corrected chi connectivity index (χ3v) is 3.90. The Kier molecular flexibility index (Phi) is 8.82. The van der Waals surface area contributed by atoms with Crippen LogP contribution < -0.4 is 0 Å². The molecule has 1 heterocycles. The Morgan fingerprint density at radius 3 is 2.70 bits per heavy atom. The van der Waals surface area contributed by atoms with Crippen molar-refractivity contribution in [2.24, 2.45) is 5.92 Å². The molecule has 0 aromatic carbocycles. The second kappa shape index (κ2) is 10.1. The predicted molar refractivity (Wildman–Crippen MR) is 77.8 cm³/mol. The number of ether oxygens (including phenoxy) is 1. The maximum absolute atomic E-state index is 10.5. The first-order valence-corrected chi connectivity index (χ1v) is 7.81. The minimum absolute atomic E-state index is 0.276. The number of aliphatic carboxylic acids is 1. The van der Waals surface area contributed by atoms with Crippen LogP contribution in [0.4, 0.5) is 0 Å². The van der Waals surface area contributed by atoms with Gasteiger partial charge in [0.15, 0.2) is 0 Å². The van der Waals surface area contributed by atoms with Crippen LogP contribution in [0, 0.1) is 5.92 Å². The van der Waals surface area contributed by atoms with Crippen LogP contribution in [0.25, 0.3) is 0 Å². The summed E-state index contributed by atoms with van der Waals surface area (Å²) in [6.45, 7) is 5.84. The highest BCUT2D eigenvalue weighted by atomic mass is 16.5. The van der Waals surface area contributed by atoms with Crippen molar-refractivity contribution in [1.82, 2.24) is 4.90 Å². The Morgan fingerprint density at radius 2 is 2.10 bits per heavy atom. The first-order chi connectivity index (χ1) is 9.61. The number of piperidine rings is 1. The van der Waals surface area contributed by atoms with Crippen molar-refractivity contribution in [3.8, 4) is 0 Å². The smallest absolute Gasteiger partial charge is 0.303 e. The molecular weight excluding hydrogens is 258 g/mol. The lowest BCUT2D eigenvalue weighted by Crippen LogP contribution is -2.40. The Bertz CT molecular complexity index is 265. The molecule has 118 valence electrons. The lowest BCUT2D eigenvalue weighted by Gasteiger charge is -2.33. The number of β-amino-alcohol motifs (C(OH)–C–C–N with tert-alkyl or cyclic N) is 1. The number of carboxylic acid groups (broad SMARTS) is 1. The van der Waals surface area contributed by atoms with Gasteiger partial charge in [0.25, 0.3) is 0 Å². The molecule has 0 radical (unpaired) electrons. The summed E-state index contributed by atoms with van der Waals surface area (Å²) in [5.41, 5.74) is 0. The molecule has 0 saturated carbocycles. The number of nitrogens with zero attached hydrogens (tertiary/aromatic N) is 1. The summed E-state index contributed by atoms with van der Waals surface area (Å²) >= 11 is 0. The highest BCUT2D eigenvalue weighted by molar-refractivity contribution is 5.66. The summed E-state index contributed by atoms with van der Waals surface area (Å²) in [4.78, 5) is 12.8. The van der Waals surface area contributed by atoms with Crippen LogP contribution in [0.3, 0.4) is 0 Å². The summed E-state index contributed by atoms with van der Waals surface area (Å²) in [6.07, 6.45) is 4.88. The number of carboxylic acids is 1.